The van der Waals surface area contributed by atoms with E-state index in [-0.39, 0.29) is 15.5 Å². The van der Waals surface area contributed by atoms with E-state index in [1.165, 1.54) is 43.4 Å². The molecule has 7 nitrogen and oxygen atoms in total. The maximum Gasteiger partial charge on any atom is 0.338 e. The molecule has 0 unspecified atom stereocenters. The lowest BCUT2D eigenvalue weighted by Gasteiger charge is -2.09. The first-order chi connectivity index (χ1) is 12.2. The lowest BCUT2D eigenvalue weighted by molar-refractivity contribution is -0.119. The fraction of sp³-hybridized carbons (Fsp3) is 0.125. The summed E-state index contributed by atoms with van der Waals surface area (Å²) in [4.78, 5) is 23.8. The molecule has 0 spiro atoms. The zero-order valence-electron chi connectivity index (χ0n) is 13.5. The second-order valence-corrected chi connectivity index (χ2v) is 7.71. The average Bonchev–Trinajstić information content (AvgIpc) is 2.63. The van der Waals surface area contributed by atoms with Crippen molar-refractivity contribution in [2.75, 3.05) is 19.0 Å². The van der Waals surface area contributed by atoms with Gasteiger partial charge < -0.3 is 10.1 Å². The van der Waals surface area contributed by atoms with E-state index in [0.717, 1.165) is 0 Å². The number of carbonyl (C=O) groups excluding carboxylic acids is 2. The predicted molar refractivity (Wildman–Crippen MR) is 98.1 cm³/mol. The number of anilines is 1. The molecule has 2 N–H and O–H groups in total. The Morgan fingerprint density at radius 3 is 2.35 bits per heavy atom. The number of hydrogen-bond donors (Lipinski definition) is 2. The highest BCUT2D eigenvalue weighted by Crippen LogP contribution is 2.25. The molecule has 2 rings (SSSR count). The molecule has 0 aromatic heterocycles. The summed E-state index contributed by atoms with van der Waals surface area (Å²) < 4.78 is 30.3. The Morgan fingerprint density at radius 2 is 1.73 bits per heavy atom. The first kappa shape index (κ1) is 20.2. The molecule has 2 aromatic rings. The van der Waals surface area contributed by atoms with Crippen molar-refractivity contribution in [1.29, 1.82) is 0 Å². The summed E-state index contributed by atoms with van der Waals surface area (Å²) >= 11 is 11.7. The zero-order chi connectivity index (χ0) is 19.3. The molecular formula is C16H14Cl2N2O5S. The van der Waals surface area contributed by atoms with E-state index in [1.807, 2.05) is 0 Å². The van der Waals surface area contributed by atoms with Crippen LogP contribution in [0.3, 0.4) is 0 Å². The van der Waals surface area contributed by atoms with Gasteiger partial charge >= 0.3 is 5.97 Å². The monoisotopic (exact) mass is 416 g/mol. The minimum Gasteiger partial charge on any atom is -0.452 e. The molecular weight excluding hydrogens is 403 g/mol. The SMILES string of the molecule is CNS(=O)(=O)c1ccc(C(=O)OCC(=O)Nc2cc(Cl)ccc2Cl)cc1. The second kappa shape index (κ2) is 8.50. The van der Waals surface area contributed by atoms with Gasteiger partial charge in [-0.1, -0.05) is 23.2 Å². The lowest BCUT2D eigenvalue weighted by Crippen LogP contribution is -2.21. The minimum absolute atomic E-state index is 0.00453. The van der Waals surface area contributed by atoms with Crippen molar-refractivity contribution in [3.8, 4) is 0 Å². The van der Waals surface area contributed by atoms with Gasteiger partial charge in [0.25, 0.3) is 5.91 Å². The Bertz CT molecular complexity index is 930. The smallest absolute Gasteiger partial charge is 0.338 e. The fourth-order valence-electron chi connectivity index (χ4n) is 1.88. The topological polar surface area (TPSA) is 102 Å². The quantitative estimate of drug-likeness (QED) is 0.704. The molecule has 0 heterocycles. The average molecular weight is 417 g/mol. The molecule has 0 aliphatic heterocycles. The van der Waals surface area contributed by atoms with E-state index < -0.39 is 28.5 Å². The van der Waals surface area contributed by atoms with Crippen LogP contribution in [-0.2, 0) is 19.6 Å². The standard InChI is InChI=1S/C16H14Cl2N2O5S/c1-19-26(23,24)12-5-2-10(3-6-12)16(22)25-9-15(21)20-14-8-11(17)4-7-13(14)18/h2-8,19H,9H2,1H3,(H,20,21). The third-order valence-corrected chi connectivity index (χ3v) is 5.20. The second-order valence-electron chi connectivity index (χ2n) is 4.98. The summed E-state index contributed by atoms with van der Waals surface area (Å²) in [5, 5.41) is 3.15. The van der Waals surface area contributed by atoms with Crippen LogP contribution < -0.4 is 10.0 Å². The van der Waals surface area contributed by atoms with Crippen LogP contribution in [-0.4, -0.2) is 33.9 Å². The molecule has 1 amide bonds. The van der Waals surface area contributed by atoms with Crippen LogP contribution in [0.4, 0.5) is 5.69 Å². The number of halogens is 2. The number of ether oxygens (including phenoxy) is 1. The van der Waals surface area contributed by atoms with Crippen LogP contribution in [0.25, 0.3) is 0 Å². The minimum atomic E-state index is -3.60. The molecule has 0 atom stereocenters. The van der Waals surface area contributed by atoms with Gasteiger partial charge in [0.15, 0.2) is 6.61 Å². The van der Waals surface area contributed by atoms with E-state index in [4.69, 9.17) is 27.9 Å². The van der Waals surface area contributed by atoms with Crippen molar-refractivity contribution in [2.24, 2.45) is 0 Å². The molecule has 0 saturated heterocycles. The largest absolute Gasteiger partial charge is 0.452 e. The van der Waals surface area contributed by atoms with Gasteiger partial charge in [-0.3, -0.25) is 4.79 Å². The Kier molecular flexibility index (Phi) is 6.60. The molecule has 0 aliphatic rings. The molecule has 138 valence electrons. The molecule has 26 heavy (non-hydrogen) atoms. The van der Waals surface area contributed by atoms with Gasteiger partial charge in [-0.15, -0.1) is 0 Å². The van der Waals surface area contributed by atoms with Gasteiger partial charge in [-0.25, -0.2) is 17.9 Å². The zero-order valence-corrected chi connectivity index (χ0v) is 15.8. The first-order valence-corrected chi connectivity index (χ1v) is 9.42. The van der Waals surface area contributed by atoms with Crippen LogP contribution in [0.15, 0.2) is 47.4 Å². The number of benzene rings is 2. The van der Waals surface area contributed by atoms with Crippen LogP contribution in [0.1, 0.15) is 10.4 Å². The van der Waals surface area contributed by atoms with Crippen LogP contribution in [0.2, 0.25) is 10.0 Å². The Balaban J connectivity index is 1.96. The summed E-state index contributed by atoms with van der Waals surface area (Å²) in [6.45, 7) is -0.543. The van der Waals surface area contributed by atoms with Crippen molar-refractivity contribution in [3.63, 3.8) is 0 Å². The Hall–Kier alpha value is -2.13. The highest BCUT2D eigenvalue weighted by atomic mass is 35.5. The van der Waals surface area contributed by atoms with Gasteiger partial charge in [0.05, 0.1) is 21.2 Å². The third kappa shape index (κ3) is 5.18. The number of hydrogen-bond acceptors (Lipinski definition) is 5. The van der Waals surface area contributed by atoms with Gasteiger partial charge in [-0.05, 0) is 49.5 Å². The molecule has 0 radical (unpaired) electrons. The molecule has 0 aliphatic carbocycles. The van der Waals surface area contributed by atoms with E-state index in [2.05, 4.69) is 10.0 Å². The van der Waals surface area contributed by atoms with Gasteiger partial charge in [-0.2, -0.15) is 0 Å². The Morgan fingerprint density at radius 1 is 1.08 bits per heavy atom. The fourth-order valence-corrected chi connectivity index (χ4v) is 2.95. The molecule has 10 heteroatoms. The van der Waals surface area contributed by atoms with E-state index in [9.17, 15) is 18.0 Å². The summed E-state index contributed by atoms with van der Waals surface area (Å²) in [7, 11) is -2.32. The van der Waals surface area contributed by atoms with Crippen molar-refractivity contribution in [1.82, 2.24) is 4.72 Å². The molecule has 2 aromatic carbocycles. The predicted octanol–water partition coefficient (Wildman–Crippen LogP) is 2.70. The summed E-state index contributed by atoms with van der Waals surface area (Å²) in [5.41, 5.74) is 0.399. The number of sulfonamides is 1. The van der Waals surface area contributed by atoms with Gasteiger partial charge in [0.1, 0.15) is 0 Å². The normalized spacial score (nSPS) is 11.0. The van der Waals surface area contributed by atoms with E-state index in [0.29, 0.717) is 10.7 Å². The molecule has 0 bridgehead atoms. The van der Waals surface area contributed by atoms with Gasteiger partial charge in [0, 0.05) is 5.02 Å². The Labute approximate surface area is 160 Å². The van der Waals surface area contributed by atoms with Gasteiger partial charge in [0.2, 0.25) is 10.0 Å². The number of esters is 1. The third-order valence-electron chi connectivity index (χ3n) is 3.21. The summed E-state index contributed by atoms with van der Waals surface area (Å²) in [5.74, 6) is -1.37. The maximum atomic E-state index is 11.9. The van der Waals surface area contributed by atoms with Crippen molar-refractivity contribution >= 4 is 50.8 Å². The number of carbonyl (C=O) groups is 2. The highest BCUT2D eigenvalue weighted by molar-refractivity contribution is 7.89. The number of nitrogens with one attached hydrogen (secondary N) is 2. The molecule has 0 saturated carbocycles. The van der Waals surface area contributed by atoms with Crippen molar-refractivity contribution in [2.45, 2.75) is 4.90 Å². The number of rotatable bonds is 6. The lowest BCUT2D eigenvalue weighted by atomic mass is 10.2. The summed E-state index contributed by atoms with van der Waals surface area (Å²) in [6, 6.07) is 9.65. The summed E-state index contributed by atoms with van der Waals surface area (Å²) in [6.07, 6.45) is 0. The van der Waals surface area contributed by atoms with E-state index in [1.54, 1.807) is 6.07 Å². The highest BCUT2D eigenvalue weighted by Gasteiger charge is 2.15. The van der Waals surface area contributed by atoms with Crippen molar-refractivity contribution < 1.29 is 22.7 Å². The van der Waals surface area contributed by atoms with Crippen LogP contribution in [0.5, 0.6) is 0 Å². The first-order valence-electron chi connectivity index (χ1n) is 7.18. The molecule has 0 fully saturated rings. The van der Waals surface area contributed by atoms with E-state index >= 15 is 0 Å². The maximum absolute atomic E-state index is 11.9. The number of amides is 1. The van der Waals surface area contributed by atoms with Crippen molar-refractivity contribution in [3.05, 3.63) is 58.1 Å². The van der Waals surface area contributed by atoms with Crippen LogP contribution >= 0.6 is 23.2 Å². The van der Waals surface area contributed by atoms with Crippen LogP contribution in [0, 0.1) is 0 Å².